The maximum Gasteiger partial charge on any atom is 0.269 e. The van der Waals surface area contributed by atoms with Crippen LogP contribution in [0, 0.1) is 0 Å². The summed E-state index contributed by atoms with van der Waals surface area (Å²) in [5.41, 5.74) is 0. The van der Waals surface area contributed by atoms with E-state index < -0.39 is 7.52 Å². The second-order valence-electron chi connectivity index (χ2n) is 4.58. The summed E-state index contributed by atoms with van der Waals surface area (Å²) >= 11 is 0. The third kappa shape index (κ3) is 4.15. The van der Waals surface area contributed by atoms with Crippen molar-refractivity contribution in [3.63, 3.8) is 0 Å². The summed E-state index contributed by atoms with van der Waals surface area (Å²) < 4.78 is 19.0. The highest BCUT2D eigenvalue weighted by Gasteiger charge is 2.28. The molecule has 1 aliphatic rings. The zero-order valence-electron chi connectivity index (χ0n) is 10.8. The highest BCUT2D eigenvalue weighted by atomic mass is 31.2. The van der Waals surface area contributed by atoms with Gasteiger partial charge >= 0.3 is 0 Å². The standard InChI is InChI=1S/C10H24N3O2P/c1-11(2)5-6-12-7-9-13(10-8-12)16(4,14)15-3/h5-10H2,1-4H3. The molecule has 0 radical (unpaired) electrons. The number of likely N-dealkylation sites (N-methyl/N-ethyl adjacent to an activating group) is 1. The molecule has 1 fully saturated rings. The molecule has 1 heterocycles. The normalized spacial score (nSPS) is 23.6. The molecule has 6 heteroatoms. The Bertz CT molecular complexity index is 252. The summed E-state index contributed by atoms with van der Waals surface area (Å²) in [4.78, 5) is 4.60. The highest BCUT2D eigenvalue weighted by molar-refractivity contribution is 7.55. The minimum atomic E-state index is -2.52. The Balaban J connectivity index is 2.31. The lowest BCUT2D eigenvalue weighted by atomic mass is 10.3. The molecule has 5 nitrogen and oxygen atoms in total. The first-order valence-corrected chi connectivity index (χ1v) is 7.74. The first-order valence-electron chi connectivity index (χ1n) is 5.71. The fourth-order valence-electron chi connectivity index (χ4n) is 1.78. The lowest BCUT2D eigenvalue weighted by Gasteiger charge is -2.37. The Morgan fingerprint density at radius 2 is 1.81 bits per heavy atom. The van der Waals surface area contributed by atoms with Crippen LogP contribution in [-0.2, 0) is 9.09 Å². The molecule has 0 N–H and O–H groups in total. The summed E-state index contributed by atoms with van der Waals surface area (Å²) in [7, 11) is 3.18. The van der Waals surface area contributed by atoms with Crippen LogP contribution in [0.3, 0.4) is 0 Å². The van der Waals surface area contributed by atoms with Crippen LogP contribution in [0.1, 0.15) is 0 Å². The molecule has 0 aromatic heterocycles. The fourth-order valence-corrected chi connectivity index (χ4v) is 2.92. The molecule has 0 amide bonds. The van der Waals surface area contributed by atoms with Crippen LogP contribution >= 0.6 is 7.52 Å². The van der Waals surface area contributed by atoms with Crippen molar-refractivity contribution in [1.82, 2.24) is 14.5 Å². The molecule has 1 saturated heterocycles. The van der Waals surface area contributed by atoms with Gasteiger partial charge in [-0.3, -0.25) is 9.46 Å². The first kappa shape index (κ1) is 14.1. The molecule has 96 valence electrons. The Labute approximate surface area is 98.8 Å². The third-order valence-corrected chi connectivity index (χ3v) is 5.17. The maximum atomic E-state index is 12.0. The summed E-state index contributed by atoms with van der Waals surface area (Å²) in [5.74, 6) is 0. The van der Waals surface area contributed by atoms with Gasteiger partial charge in [0.1, 0.15) is 0 Å². The molecular formula is C10H24N3O2P. The summed E-state index contributed by atoms with van der Waals surface area (Å²) in [5, 5.41) is 0. The molecule has 0 saturated carbocycles. The van der Waals surface area contributed by atoms with Crippen molar-refractivity contribution in [2.45, 2.75) is 0 Å². The first-order chi connectivity index (χ1) is 7.45. The zero-order chi connectivity index (χ0) is 12.2. The van der Waals surface area contributed by atoms with Crippen LogP contribution in [0.15, 0.2) is 0 Å². The van der Waals surface area contributed by atoms with Crippen molar-refractivity contribution >= 4 is 7.52 Å². The smallest absolute Gasteiger partial charge is 0.269 e. The van der Waals surface area contributed by atoms with Gasteiger partial charge in [0.25, 0.3) is 7.52 Å². The van der Waals surface area contributed by atoms with Crippen molar-refractivity contribution in [1.29, 1.82) is 0 Å². The van der Waals surface area contributed by atoms with E-state index in [0.717, 1.165) is 39.3 Å². The Hall–Kier alpha value is 0.0700. The third-order valence-electron chi connectivity index (χ3n) is 3.06. The van der Waals surface area contributed by atoms with Gasteiger partial charge in [0.05, 0.1) is 0 Å². The van der Waals surface area contributed by atoms with E-state index >= 15 is 0 Å². The van der Waals surface area contributed by atoms with Crippen LogP contribution in [0.5, 0.6) is 0 Å². The number of rotatable bonds is 5. The van der Waals surface area contributed by atoms with Crippen molar-refractivity contribution in [2.75, 3.05) is 67.1 Å². The molecule has 1 aliphatic heterocycles. The molecule has 1 rings (SSSR count). The summed E-state index contributed by atoms with van der Waals surface area (Å²) in [6.45, 7) is 7.51. The molecule has 1 atom stereocenters. The van der Waals surface area contributed by atoms with Gasteiger partial charge in [-0.1, -0.05) is 0 Å². The molecule has 0 aromatic rings. The van der Waals surface area contributed by atoms with E-state index in [1.807, 2.05) is 4.67 Å². The molecule has 0 spiro atoms. The minimum Gasteiger partial charge on any atom is -0.321 e. The molecule has 0 bridgehead atoms. The second kappa shape index (κ2) is 6.12. The van der Waals surface area contributed by atoms with E-state index in [1.54, 1.807) is 6.66 Å². The zero-order valence-corrected chi connectivity index (χ0v) is 11.7. The second-order valence-corrected chi connectivity index (χ2v) is 7.12. The lowest BCUT2D eigenvalue weighted by molar-refractivity contribution is 0.163. The van der Waals surface area contributed by atoms with Crippen LogP contribution < -0.4 is 0 Å². The van der Waals surface area contributed by atoms with E-state index in [-0.39, 0.29) is 0 Å². The number of hydrogen-bond donors (Lipinski definition) is 0. The van der Waals surface area contributed by atoms with Crippen molar-refractivity contribution < 1.29 is 9.09 Å². The number of nitrogens with zero attached hydrogens (tertiary/aromatic N) is 3. The van der Waals surface area contributed by atoms with Gasteiger partial charge in [0.15, 0.2) is 0 Å². The SMILES string of the molecule is COP(C)(=O)N1CCN(CCN(C)C)CC1. The monoisotopic (exact) mass is 249 g/mol. The number of hydrogen-bond acceptors (Lipinski definition) is 4. The van der Waals surface area contributed by atoms with E-state index in [4.69, 9.17) is 4.52 Å². The molecular weight excluding hydrogens is 225 g/mol. The van der Waals surface area contributed by atoms with Crippen LogP contribution in [0.2, 0.25) is 0 Å². The van der Waals surface area contributed by atoms with E-state index in [9.17, 15) is 4.57 Å². The van der Waals surface area contributed by atoms with Gasteiger partial charge < -0.3 is 9.42 Å². The quantitative estimate of drug-likeness (QED) is 0.668. The van der Waals surface area contributed by atoms with Crippen molar-refractivity contribution in [3.8, 4) is 0 Å². The van der Waals surface area contributed by atoms with Gasteiger partial charge in [0.2, 0.25) is 0 Å². The average molecular weight is 249 g/mol. The fraction of sp³-hybridized carbons (Fsp3) is 1.00. The summed E-state index contributed by atoms with van der Waals surface area (Å²) in [6.07, 6.45) is 0. The molecule has 0 aliphatic carbocycles. The predicted octanol–water partition coefficient (Wildman–Crippen LogP) is 0.635. The van der Waals surface area contributed by atoms with Gasteiger partial charge in [-0.05, 0) is 14.1 Å². The largest absolute Gasteiger partial charge is 0.321 e. The van der Waals surface area contributed by atoms with E-state index in [1.165, 1.54) is 7.11 Å². The summed E-state index contributed by atoms with van der Waals surface area (Å²) in [6, 6.07) is 0. The predicted molar refractivity (Wildman–Crippen MR) is 67.1 cm³/mol. The van der Waals surface area contributed by atoms with Crippen LogP contribution in [0.4, 0.5) is 0 Å². The molecule has 1 unspecified atom stereocenters. The maximum absolute atomic E-state index is 12.0. The van der Waals surface area contributed by atoms with Crippen molar-refractivity contribution in [3.05, 3.63) is 0 Å². The van der Waals surface area contributed by atoms with E-state index in [2.05, 4.69) is 23.9 Å². The Morgan fingerprint density at radius 3 is 2.25 bits per heavy atom. The Kier molecular flexibility index (Phi) is 5.41. The molecule has 0 aromatic carbocycles. The molecule has 16 heavy (non-hydrogen) atoms. The van der Waals surface area contributed by atoms with Crippen molar-refractivity contribution in [2.24, 2.45) is 0 Å². The van der Waals surface area contributed by atoms with Gasteiger partial charge in [-0.2, -0.15) is 0 Å². The Morgan fingerprint density at radius 1 is 1.25 bits per heavy atom. The minimum absolute atomic E-state index is 0.842. The van der Waals surface area contributed by atoms with Crippen LogP contribution in [0.25, 0.3) is 0 Å². The number of piperazine rings is 1. The topological polar surface area (TPSA) is 36.0 Å². The van der Waals surface area contributed by atoms with Crippen LogP contribution in [-0.4, -0.2) is 81.6 Å². The average Bonchev–Trinajstić information content (AvgIpc) is 2.27. The van der Waals surface area contributed by atoms with Gasteiger partial charge in [0, 0.05) is 53.0 Å². The van der Waals surface area contributed by atoms with Gasteiger partial charge in [-0.15, -0.1) is 0 Å². The highest BCUT2D eigenvalue weighted by Crippen LogP contribution is 2.46. The lowest BCUT2D eigenvalue weighted by Crippen LogP contribution is -2.46. The van der Waals surface area contributed by atoms with Gasteiger partial charge in [-0.25, -0.2) is 4.67 Å². The van der Waals surface area contributed by atoms with E-state index in [0.29, 0.717) is 0 Å².